The largest absolute Gasteiger partial charge is 0.391 e. The zero-order valence-corrected chi connectivity index (χ0v) is 9.56. The summed E-state index contributed by atoms with van der Waals surface area (Å²) in [5.41, 5.74) is -0.660. The number of rotatable bonds is 2. The van der Waals surface area contributed by atoms with Gasteiger partial charge in [-0.15, -0.1) is 0 Å². The van der Waals surface area contributed by atoms with Crippen LogP contribution in [0.4, 0.5) is 27.6 Å². The van der Waals surface area contributed by atoms with E-state index in [1.54, 1.807) is 6.07 Å². The van der Waals surface area contributed by atoms with Crippen LogP contribution in [0, 0.1) is 28.9 Å². The molecule has 0 spiro atoms. The average molecular weight is 276 g/mol. The summed E-state index contributed by atoms with van der Waals surface area (Å²) in [5, 5.41) is 10.9. The quantitative estimate of drug-likeness (QED) is 0.838. The van der Waals surface area contributed by atoms with Gasteiger partial charge in [0.05, 0.1) is 17.6 Å². The average Bonchev–Trinajstić information content (AvgIpc) is 2.23. The lowest BCUT2D eigenvalue weighted by atomic mass is 9.79. The van der Waals surface area contributed by atoms with Crippen molar-refractivity contribution in [1.29, 1.82) is 5.26 Å². The van der Waals surface area contributed by atoms with E-state index in [0.717, 1.165) is 12.1 Å². The molecule has 1 aliphatic rings. The van der Waals surface area contributed by atoms with Gasteiger partial charge in [-0.2, -0.15) is 18.4 Å². The minimum atomic E-state index is -4.26. The Labute approximate surface area is 105 Å². The van der Waals surface area contributed by atoms with Crippen molar-refractivity contribution in [2.75, 3.05) is 5.32 Å². The van der Waals surface area contributed by atoms with Gasteiger partial charge in [0.1, 0.15) is 5.69 Å². The Kier molecular flexibility index (Phi) is 3.35. The first-order valence-electron chi connectivity index (χ1n) is 5.53. The van der Waals surface area contributed by atoms with E-state index in [1.807, 2.05) is 0 Å². The van der Waals surface area contributed by atoms with Crippen LogP contribution in [-0.2, 0) is 0 Å². The minimum absolute atomic E-state index is 0.178. The van der Waals surface area contributed by atoms with Crippen molar-refractivity contribution in [2.24, 2.45) is 5.92 Å². The van der Waals surface area contributed by atoms with Crippen LogP contribution in [0.1, 0.15) is 18.4 Å². The van der Waals surface area contributed by atoms with Crippen molar-refractivity contribution < 1.29 is 22.0 Å². The lowest BCUT2D eigenvalue weighted by Gasteiger charge is -2.37. The number of nitrogens with zero attached hydrogens (tertiary/aromatic N) is 1. The number of alkyl halides is 3. The van der Waals surface area contributed by atoms with E-state index < -0.39 is 35.5 Å². The molecule has 0 aromatic heterocycles. The minimum Gasteiger partial charge on any atom is -0.378 e. The highest BCUT2D eigenvalue weighted by Gasteiger charge is 2.48. The monoisotopic (exact) mass is 276 g/mol. The normalized spacial score (nSPS) is 22.5. The fraction of sp³-hybridized carbons (Fsp3) is 0.417. The first-order valence-corrected chi connectivity index (χ1v) is 5.53. The number of anilines is 1. The molecule has 0 unspecified atom stereocenters. The zero-order chi connectivity index (χ0) is 14.2. The van der Waals surface area contributed by atoms with Gasteiger partial charge in [0.2, 0.25) is 0 Å². The SMILES string of the molecule is N#Cc1cc(F)c(NC2CC(C(F)(F)F)C2)c(F)c1. The Hall–Kier alpha value is -1.84. The molecule has 1 fully saturated rings. The second kappa shape index (κ2) is 4.68. The van der Waals surface area contributed by atoms with Crippen LogP contribution in [0.3, 0.4) is 0 Å². The van der Waals surface area contributed by atoms with Crippen LogP contribution in [0.5, 0.6) is 0 Å². The van der Waals surface area contributed by atoms with Crippen molar-refractivity contribution >= 4 is 5.69 Å². The van der Waals surface area contributed by atoms with Gasteiger partial charge >= 0.3 is 6.18 Å². The Morgan fingerprint density at radius 1 is 1.16 bits per heavy atom. The van der Waals surface area contributed by atoms with Crippen LogP contribution in [0.2, 0.25) is 0 Å². The summed E-state index contributed by atoms with van der Waals surface area (Å²) >= 11 is 0. The van der Waals surface area contributed by atoms with Crippen molar-refractivity contribution in [3.05, 3.63) is 29.3 Å². The molecule has 0 radical (unpaired) electrons. The summed E-state index contributed by atoms with van der Waals surface area (Å²) in [6.07, 6.45) is -4.68. The molecule has 0 saturated heterocycles. The van der Waals surface area contributed by atoms with Crippen LogP contribution < -0.4 is 5.32 Å². The Bertz CT molecular complexity index is 503. The van der Waals surface area contributed by atoms with Crippen LogP contribution in [0.25, 0.3) is 0 Å². The van der Waals surface area contributed by atoms with E-state index in [4.69, 9.17) is 5.26 Å². The molecule has 102 valence electrons. The van der Waals surface area contributed by atoms with Crippen molar-refractivity contribution in [3.8, 4) is 6.07 Å². The molecule has 1 aromatic carbocycles. The standard InChI is InChI=1S/C12H9F5N2/c13-9-1-6(5-18)2-10(14)11(9)19-8-3-7(4-8)12(15,16)17/h1-2,7-8,19H,3-4H2. The molecule has 1 aliphatic carbocycles. The van der Waals surface area contributed by atoms with Gasteiger partial charge in [-0.1, -0.05) is 0 Å². The first kappa shape index (κ1) is 13.6. The van der Waals surface area contributed by atoms with Crippen molar-refractivity contribution in [1.82, 2.24) is 0 Å². The highest BCUT2D eigenvalue weighted by molar-refractivity contribution is 5.51. The molecule has 7 heteroatoms. The van der Waals surface area contributed by atoms with E-state index in [1.165, 1.54) is 0 Å². The number of hydrogen-bond donors (Lipinski definition) is 1. The van der Waals surface area contributed by atoms with Crippen molar-refractivity contribution in [2.45, 2.75) is 25.1 Å². The third-order valence-corrected chi connectivity index (χ3v) is 3.12. The smallest absolute Gasteiger partial charge is 0.378 e. The molecule has 19 heavy (non-hydrogen) atoms. The maximum atomic E-state index is 13.5. The molecular formula is C12H9F5N2. The van der Waals surface area contributed by atoms with Gasteiger partial charge in [0.25, 0.3) is 0 Å². The summed E-state index contributed by atoms with van der Waals surface area (Å²) in [4.78, 5) is 0. The van der Waals surface area contributed by atoms with E-state index in [0.29, 0.717) is 0 Å². The number of hydrogen-bond acceptors (Lipinski definition) is 2. The fourth-order valence-electron chi connectivity index (χ4n) is 1.98. The summed E-state index contributed by atoms with van der Waals surface area (Å²) in [7, 11) is 0. The molecule has 0 aliphatic heterocycles. The van der Waals surface area contributed by atoms with Gasteiger partial charge in [-0.3, -0.25) is 0 Å². The second-order valence-electron chi connectivity index (χ2n) is 4.48. The van der Waals surface area contributed by atoms with Crippen molar-refractivity contribution in [3.63, 3.8) is 0 Å². The van der Waals surface area contributed by atoms with E-state index in [9.17, 15) is 22.0 Å². The van der Waals surface area contributed by atoms with Gasteiger partial charge in [-0.05, 0) is 25.0 Å². The van der Waals surface area contributed by atoms with E-state index >= 15 is 0 Å². The van der Waals surface area contributed by atoms with Crippen LogP contribution in [-0.4, -0.2) is 12.2 Å². The fourth-order valence-corrected chi connectivity index (χ4v) is 1.98. The molecule has 0 amide bonds. The first-order chi connectivity index (χ1) is 8.81. The highest BCUT2D eigenvalue weighted by Crippen LogP contribution is 2.42. The number of halogens is 5. The predicted molar refractivity (Wildman–Crippen MR) is 57.3 cm³/mol. The molecular weight excluding hydrogens is 267 g/mol. The molecule has 2 nitrogen and oxygen atoms in total. The summed E-state index contributed by atoms with van der Waals surface area (Å²) in [5.74, 6) is -3.38. The van der Waals surface area contributed by atoms with E-state index in [-0.39, 0.29) is 18.4 Å². The maximum Gasteiger partial charge on any atom is 0.391 e. The molecule has 0 atom stereocenters. The molecule has 2 rings (SSSR count). The predicted octanol–water partition coefficient (Wildman–Crippen LogP) is 3.59. The molecule has 0 heterocycles. The summed E-state index contributed by atoms with van der Waals surface area (Å²) in [6.45, 7) is 0. The number of nitrogens with one attached hydrogen (secondary N) is 1. The summed E-state index contributed by atoms with van der Waals surface area (Å²) in [6, 6.07) is 2.66. The summed E-state index contributed by atoms with van der Waals surface area (Å²) < 4.78 is 63.7. The Balaban J connectivity index is 2.05. The molecule has 1 N–H and O–H groups in total. The van der Waals surface area contributed by atoms with Crippen LogP contribution in [0.15, 0.2) is 12.1 Å². The van der Waals surface area contributed by atoms with Crippen LogP contribution >= 0.6 is 0 Å². The van der Waals surface area contributed by atoms with Gasteiger partial charge in [0.15, 0.2) is 11.6 Å². The molecule has 1 saturated carbocycles. The Morgan fingerprint density at radius 3 is 2.11 bits per heavy atom. The molecule has 0 bridgehead atoms. The maximum absolute atomic E-state index is 13.5. The van der Waals surface area contributed by atoms with Gasteiger partial charge in [-0.25, -0.2) is 8.78 Å². The molecule has 1 aromatic rings. The Morgan fingerprint density at radius 2 is 1.68 bits per heavy atom. The highest BCUT2D eigenvalue weighted by atomic mass is 19.4. The third kappa shape index (κ3) is 2.78. The lowest BCUT2D eigenvalue weighted by molar-refractivity contribution is -0.195. The third-order valence-electron chi connectivity index (χ3n) is 3.12. The van der Waals surface area contributed by atoms with E-state index in [2.05, 4.69) is 5.32 Å². The second-order valence-corrected chi connectivity index (χ2v) is 4.48. The lowest BCUT2D eigenvalue weighted by Crippen LogP contribution is -2.43. The topological polar surface area (TPSA) is 35.8 Å². The van der Waals surface area contributed by atoms with Gasteiger partial charge in [0, 0.05) is 6.04 Å². The number of benzene rings is 1. The number of nitriles is 1. The van der Waals surface area contributed by atoms with Gasteiger partial charge < -0.3 is 5.32 Å². The zero-order valence-electron chi connectivity index (χ0n) is 9.56.